The molecular weight excluding hydrogens is 873 g/mol. The highest BCUT2D eigenvalue weighted by Gasteiger charge is 2.43. The van der Waals surface area contributed by atoms with Crippen molar-refractivity contribution in [2.45, 2.75) is 81.8 Å². The van der Waals surface area contributed by atoms with Crippen molar-refractivity contribution >= 4 is 46.1 Å². The van der Waals surface area contributed by atoms with Gasteiger partial charge in [0.2, 0.25) is 17.8 Å². The molecule has 3 unspecified atom stereocenters. The average molecular weight is 929 g/mol. The first-order valence-corrected chi connectivity index (χ1v) is 23.4. The molecule has 8 heterocycles. The van der Waals surface area contributed by atoms with Gasteiger partial charge >= 0.3 is 6.18 Å². The van der Waals surface area contributed by atoms with Crippen LogP contribution in [0.1, 0.15) is 66.9 Å². The molecule has 5 saturated heterocycles. The number of anilines is 3. The number of phenolic OH excluding ortho intramolecular Hbond substituents is 1. The minimum absolute atomic E-state index is 0.110. The quantitative estimate of drug-likeness (QED) is 0.0700. The number of piperidine rings is 1. The fourth-order valence-electron chi connectivity index (χ4n) is 10.8. The number of amides is 3. The number of imide groups is 1. The van der Waals surface area contributed by atoms with Crippen LogP contribution in [0.25, 0.3) is 22.2 Å². The predicted molar refractivity (Wildman–Crippen MR) is 243 cm³/mol. The van der Waals surface area contributed by atoms with Crippen molar-refractivity contribution in [2.75, 3.05) is 93.7 Å². The van der Waals surface area contributed by atoms with Gasteiger partial charge in [-0.25, -0.2) is 9.37 Å². The van der Waals surface area contributed by atoms with Crippen LogP contribution in [0.3, 0.4) is 0 Å². The number of rotatable bonds is 14. The number of hydrogen-bond donors (Lipinski definition) is 5. The zero-order valence-corrected chi connectivity index (χ0v) is 37.5. The van der Waals surface area contributed by atoms with Crippen LogP contribution in [0.4, 0.5) is 35.0 Å². The summed E-state index contributed by atoms with van der Waals surface area (Å²) in [5.74, 6) is -1.51. The Morgan fingerprint density at radius 1 is 0.896 bits per heavy atom. The van der Waals surface area contributed by atoms with Gasteiger partial charge in [0.25, 0.3) is 5.91 Å². The summed E-state index contributed by atoms with van der Waals surface area (Å²) < 4.78 is 58.9. The molecule has 67 heavy (non-hydrogen) atoms. The number of aromatic hydroxyl groups is 1. The first kappa shape index (κ1) is 45.1. The first-order chi connectivity index (χ1) is 32.2. The molecule has 16 nitrogen and oxygen atoms in total. The van der Waals surface area contributed by atoms with Crippen LogP contribution in [0, 0.1) is 5.82 Å². The van der Waals surface area contributed by atoms with E-state index < -0.39 is 46.5 Å². The van der Waals surface area contributed by atoms with E-state index >= 15 is 4.39 Å². The Morgan fingerprint density at radius 2 is 1.61 bits per heavy atom. The molecule has 0 spiro atoms. The van der Waals surface area contributed by atoms with E-state index in [2.05, 4.69) is 52.9 Å². The number of halogens is 4. The summed E-state index contributed by atoms with van der Waals surface area (Å²) >= 11 is 0. The topological polar surface area (TPSA) is 174 Å². The van der Waals surface area contributed by atoms with Crippen LogP contribution in [-0.2, 0) is 22.3 Å². The fourth-order valence-corrected chi connectivity index (χ4v) is 10.8. The van der Waals surface area contributed by atoms with Crippen molar-refractivity contribution in [1.29, 1.82) is 0 Å². The molecular formula is C47H56F4N12O4. The molecule has 5 N–H and O–H groups in total. The summed E-state index contributed by atoms with van der Waals surface area (Å²) in [5.41, 5.74) is -0.159. The van der Waals surface area contributed by atoms with Gasteiger partial charge in [-0.05, 0) is 89.0 Å². The van der Waals surface area contributed by atoms with Crippen LogP contribution >= 0.6 is 0 Å². The molecule has 0 saturated carbocycles. The molecule has 10 rings (SSSR count). The number of carbonyl (C=O) groups excluding carboxylic acids is 3. The Bertz CT molecular complexity index is 2560. The lowest BCUT2D eigenvalue weighted by Gasteiger charge is -2.49. The van der Waals surface area contributed by atoms with E-state index in [0.29, 0.717) is 61.9 Å². The van der Waals surface area contributed by atoms with Crippen molar-refractivity contribution in [3.05, 3.63) is 65.1 Å². The Kier molecular flexibility index (Phi) is 12.2. The summed E-state index contributed by atoms with van der Waals surface area (Å²) in [5, 5.41) is 23.6. The number of pyridine rings is 1. The van der Waals surface area contributed by atoms with Crippen LogP contribution in [0.15, 0.2) is 42.6 Å². The minimum atomic E-state index is -4.80. The van der Waals surface area contributed by atoms with Gasteiger partial charge in [-0.2, -0.15) is 18.2 Å². The van der Waals surface area contributed by atoms with E-state index in [1.54, 1.807) is 11.0 Å². The maximum absolute atomic E-state index is 16.6. The van der Waals surface area contributed by atoms with E-state index in [1.807, 2.05) is 17.0 Å². The highest BCUT2D eigenvalue weighted by molar-refractivity contribution is 6.06. The number of nitrogens with one attached hydrogen (secondary N) is 4. The van der Waals surface area contributed by atoms with E-state index in [0.717, 1.165) is 107 Å². The van der Waals surface area contributed by atoms with Crippen molar-refractivity contribution in [1.82, 2.24) is 45.6 Å². The Hall–Kier alpha value is -5.70. The van der Waals surface area contributed by atoms with Gasteiger partial charge in [-0.15, -0.1) is 0 Å². The SMILES string of the molecule is CC1(NCCCN2CCN(CCCNc3cccc4c3CN(C3CCC(=O)NC3=O)C4=O)CC2)CN(c2nc(N3CC4CCC(C3)N4)c3cnc(-c4cc(O)ccc4C(F)(F)F)c(F)c3n2)C1. The van der Waals surface area contributed by atoms with Gasteiger partial charge in [0.1, 0.15) is 28.8 Å². The van der Waals surface area contributed by atoms with Crippen LogP contribution in [0.5, 0.6) is 5.75 Å². The maximum Gasteiger partial charge on any atom is 0.417 e. The van der Waals surface area contributed by atoms with E-state index in [1.165, 1.54) is 6.20 Å². The highest BCUT2D eigenvalue weighted by Crippen LogP contribution is 2.42. The summed E-state index contributed by atoms with van der Waals surface area (Å²) in [4.78, 5) is 61.8. The van der Waals surface area contributed by atoms with Gasteiger partial charge in [-0.1, -0.05) is 6.07 Å². The molecule has 3 amide bonds. The van der Waals surface area contributed by atoms with Crippen molar-refractivity contribution in [2.24, 2.45) is 0 Å². The lowest BCUT2D eigenvalue weighted by molar-refractivity contribution is -0.138. The monoisotopic (exact) mass is 928 g/mol. The van der Waals surface area contributed by atoms with Crippen LogP contribution < -0.4 is 31.1 Å². The Balaban J connectivity index is 0.702. The zero-order valence-electron chi connectivity index (χ0n) is 37.5. The lowest BCUT2D eigenvalue weighted by Crippen LogP contribution is -2.68. The van der Waals surface area contributed by atoms with Crippen LogP contribution in [-0.4, -0.2) is 155 Å². The van der Waals surface area contributed by atoms with Gasteiger partial charge in [0.15, 0.2) is 5.82 Å². The number of benzene rings is 2. The third kappa shape index (κ3) is 9.19. The molecule has 6 aliphatic rings. The third-order valence-electron chi connectivity index (χ3n) is 14.3. The molecule has 0 aliphatic carbocycles. The molecule has 2 aromatic heterocycles. The second-order valence-electron chi connectivity index (χ2n) is 19.2. The molecule has 2 bridgehead atoms. The van der Waals surface area contributed by atoms with E-state index in [-0.39, 0.29) is 41.4 Å². The van der Waals surface area contributed by atoms with Gasteiger partial charge in [0.05, 0.1) is 16.5 Å². The first-order valence-electron chi connectivity index (χ1n) is 23.4. The average Bonchev–Trinajstić information content (AvgIpc) is 3.82. The molecule has 0 radical (unpaired) electrons. The second kappa shape index (κ2) is 18.1. The summed E-state index contributed by atoms with van der Waals surface area (Å²) in [6, 6.07) is 8.03. The number of alkyl halides is 3. The molecule has 2 aromatic carbocycles. The summed E-state index contributed by atoms with van der Waals surface area (Å²) in [6.45, 7) is 12.3. The number of piperazine rings is 2. The largest absolute Gasteiger partial charge is 0.508 e. The Labute approximate surface area is 385 Å². The van der Waals surface area contributed by atoms with Crippen LogP contribution in [0.2, 0.25) is 0 Å². The smallest absolute Gasteiger partial charge is 0.417 e. The normalized spacial score (nSPS) is 23.2. The van der Waals surface area contributed by atoms with Gasteiger partial charge < -0.3 is 45.6 Å². The minimum Gasteiger partial charge on any atom is -0.508 e. The molecule has 20 heteroatoms. The second-order valence-corrected chi connectivity index (χ2v) is 19.2. The summed E-state index contributed by atoms with van der Waals surface area (Å²) in [6.07, 6.45) is 1.03. The lowest BCUT2D eigenvalue weighted by atomic mass is 9.92. The molecule has 3 atom stereocenters. The maximum atomic E-state index is 16.6. The Morgan fingerprint density at radius 3 is 2.31 bits per heavy atom. The van der Waals surface area contributed by atoms with Crippen molar-refractivity contribution in [3.63, 3.8) is 0 Å². The van der Waals surface area contributed by atoms with E-state index in [4.69, 9.17) is 4.98 Å². The molecule has 356 valence electrons. The van der Waals surface area contributed by atoms with Gasteiger partial charge in [-0.3, -0.25) is 24.7 Å². The standard InChI is InChI=1S/C47H56F4N12O4/c1-46(54-14-4-16-60-19-17-59(18-20-60)15-3-13-52-36-6-2-5-31-34(36)25-63(44(31)67)37-11-12-38(65)56-43(37)66)26-62(27-46)45-57-41-33(42(58-45)61-23-28-7-8-29(24-61)55-28)22-53-40(39(41)48)32-21-30(64)9-10-35(32)47(49,50)51/h2,5-6,9-10,21-22,28-29,37,52,54-55,64H,3-4,7-8,11-20,23-27H2,1H3,(H,56,65,66). The van der Waals surface area contributed by atoms with Crippen molar-refractivity contribution < 1.29 is 37.1 Å². The molecule has 6 aliphatic heterocycles. The number of fused-ring (bicyclic) bond motifs is 4. The third-order valence-corrected chi connectivity index (χ3v) is 14.3. The predicted octanol–water partition coefficient (Wildman–Crippen LogP) is 3.94. The molecule has 4 aromatic rings. The van der Waals surface area contributed by atoms with Crippen molar-refractivity contribution in [3.8, 4) is 17.0 Å². The molecule has 5 fully saturated rings. The highest BCUT2D eigenvalue weighted by atomic mass is 19.4. The number of carbonyl (C=O) groups is 3. The van der Waals surface area contributed by atoms with E-state index in [9.17, 15) is 32.7 Å². The fraction of sp³-hybridized carbons (Fsp3) is 0.532. The number of nitrogens with zero attached hydrogens (tertiary/aromatic N) is 8. The number of aromatic nitrogens is 3. The zero-order chi connectivity index (χ0) is 46.6. The number of phenols is 1. The number of hydrogen-bond acceptors (Lipinski definition) is 14. The van der Waals surface area contributed by atoms with Gasteiger partial charge in [0, 0.05) is 113 Å². The summed E-state index contributed by atoms with van der Waals surface area (Å²) in [7, 11) is 0.